The van der Waals surface area contributed by atoms with E-state index in [4.69, 9.17) is 0 Å². The maximum absolute atomic E-state index is 12.1. The van der Waals surface area contributed by atoms with Crippen molar-refractivity contribution in [3.63, 3.8) is 0 Å². The molecule has 0 aliphatic heterocycles. The molecule has 1 aromatic carbocycles. The van der Waals surface area contributed by atoms with Crippen molar-refractivity contribution in [2.24, 2.45) is 5.92 Å². The molecule has 1 fully saturated rings. The lowest BCUT2D eigenvalue weighted by molar-refractivity contribution is 0.236. The zero-order chi connectivity index (χ0) is 15.4. The van der Waals surface area contributed by atoms with Crippen LogP contribution >= 0.6 is 11.5 Å². The van der Waals surface area contributed by atoms with Gasteiger partial charge >= 0.3 is 6.03 Å². The number of hydrogen-bond donors (Lipinski definition) is 2. The molecule has 1 heterocycles. The van der Waals surface area contributed by atoms with Crippen LogP contribution in [-0.2, 0) is 0 Å². The van der Waals surface area contributed by atoms with Crippen LogP contribution in [0.25, 0.3) is 0 Å². The van der Waals surface area contributed by atoms with E-state index in [0.717, 1.165) is 5.69 Å². The number of aromatic nitrogens is 2. The van der Waals surface area contributed by atoms with Gasteiger partial charge in [-0.05, 0) is 42.8 Å². The highest BCUT2D eigenvalue weighted by Gasteiger charge is 2.32. The lowest BCUT2D eigenvalue weighted by atomic mass is 9.94. The summed E-state index contributed by atoms with van der Waals surface area (Å²) in [4.78, 5) is 12.1. The van der Waals surface area contributed by atoms with E-state index in [9.17, 15) is 4.79 Å². The van der Waals surface area contributed by atoms with Gasteiger partial charge in [0.05, 0.1) is 11.7 Å². The van der Waals surface area contributed by atoms with Crippen LogP contribution in [0.15, 0.2) is 35.7 Å². The molecule has 2 atom stereocenters. The van der Waals surface area contributed by atoms with Gasteiger partial charge in [0, 0.05) is 17.8 Å². The molecule has 0 spiro atoms. The number of rotatable bonds is 6. The molecule has 1 aromatic heterocycles. The Hall–Kier alpha value is -1.95. The van der Waals surface area contributed by atoms with Gasteiger partial charge in [-0.25, -0.2) is 4.79 Å². The summed E-state index contributed by atoms with van der Waals surface area (Å²) in [5.74, 6) is 1.10. The maximum Gasteiger partial charge on any atom is 0.315 e. The second kappa shape index (κ2) is 6.87. The lowest BCUT2D eigenvalue weighted by Crippen LogP contribution is -2.39. The molecule has 1 saturated carbocycles. The molecule has 0 saturated heterocycles. The van der Waals surface area contributed by atoms with E-state index < -0.39 is 0 Å². The molecule has 2 aromatic rings. The molecule has 116 valence electrons. The van der Waals surface area contributed by atoms with Crippen LogP contribution in [0.5, 0.6) is 0 Å². The molecular weight excluding hydrogens is 296 g/mol. The quantitative estimate of drug-likeness (QED) is 0.860. The standard InChI is InChI=1S/C16H20N4OS/c1-11(15-10-22-20-19-15)18-16(21)17-9-14(13-7-8-13)12-5-3-2-4-6-12/h2-6,10-11,13-14H,7-9H2,1H3,(H2,17,18,21). The maximum atomic E-state index is 12.1. The van der Waals surface area contributed by atoms with Crippen molar-refractivity contribution in [2.45, 2.75) is 31.7 Å². The van der Waals surface area contributed by atoms with Gasteiger partial charge in [0.1, 0.15) is 0 Å². The van der Waals surface area contributed by atoms with Crippen LogP contribution in [0.4, 0.5) is 4.79 Å². The third kappa shape index (κ3) is 3.82. The Labute approximate surface area is 134 Å². The summed E-state index contributed by atoms with van der Waals surface area (Å²) in [6.07, 6.45) is 2.51. The molecule has 2 amide bonds. The summed E-state index contributed by atoms with van der Waals surface area (Å²) in [6, 6.07) is 10.1. The normalized spacial score (nSPS) is 16.8. The van der Waals surface area contributed by atoms with Crippen LogP contribution in [0.2, 0.25) is 0 Å². The SMILES string of the molecule is CC(NC(=O)NCC(c1ccccc1)C1CC1)c1csnn1. The molecule has 6 heteroatoms. The van der Waals surface area contributed by atoms with E-state index in [1.54, 1.807) is 0 Å². The van der Waals surface area contributed by atoms with Gasteiger partial charge in [-0.3, -0.25) is 0 Å². The van der Waals surface area contributed by atoms with Crippen molar-refractivity contribution in [3.8, 4) is 0 Å². The monoisotopic (exact) mass is 316 g/mol. The highest BCUT2D eigenvalue weighted by atomic mass is 32.1. The molecule has 22 heavy (non-hydrogen) atoms. The van der Waals surface area contributed by atoms with Crippen LogP contribution in [0.3, 0.4) is 0 Å². The number of nitrogens with one attached hydrogen (secondary N) is 2. The average molecular weight is 316 g/mol. The lowest BCUT2D eigenvalue weighted by Gasteiger charge is -2.19. The minimum absolute atomic E-state index is 0.130. The number of benzene rings is 1. The summed E-state index contributed by atoms with van der Waals surface area (Å²) < 4.78 is 3.82. The predicted molar refractivity (Wildman–Crippen MR) is 86.8 cm³/mol. The topological polar surface area (TPSA) is 66.9 Å². The zero-order valence-corrected chi connectivity index (χ0v) is 13.3. The minimum atomic E-state index is -0.151. The summed E-state index contributed by atoms with van der Waals surface area (Å²) in [5, 5.41) is 11.7. The average Bonchev–Trinajstić information content (AvgIpc) is 3.21. The number of hydrogen-bond acceptors (Lipinski definition) is 4. The van der Waals surface area contributed by atoms with Crippen molar-refractivity contribution in [1.29, 1.82) is 0 Å². The van der Waals surface area contributed by atoms with Gasteiger partial charge in [0.2, 0.25) is 0 Å². The largest absolute Gasteiger partial charge is 0.338 e. The third-order valence-corrected chi connectivity index (χ3v) is 4.59. The summed E-state index contributed by atoms with van der Waals surface area (Å²) >= 11 is 1.29. The number of carbonyl (C=O) groups is 1. The first-order valence-corrected chi connectivity index (χ1v) is 8.44. The fourth-order valence-corrected chi connectivity index (χ4v) is 3.19. The van der Waals surface area contributed by atoms with E-state index in [0.29, 0.717) is 18.4 Å². The first kappa shape index (κ1) is 15.0. The molecular formula is C16H20N4OS. The van der Waals surface area contributed by atoms with Crippen molar-refractivity contribution < 1.29 is 4.79 Å². The van der Waals surface area contributed by atoms with Gasteiger partial charge in [0.15, 0.2) is 0 Å². The Morgan fingerprint density at radius 3 is 2.77 bits per heavy atom. The fraction of sp³-hybridized carbons (Fsp3) is 0.438. The fourth-order valence-electron chi connectivity index (χ4n) is 2.64. The van der Waals surface area contributed by atoms with Crippen LogP contribution in [-0.4, -0.2) is 22.2 Å². The molecule has 3 rings (SSSR count). The zero-order valence-electron chi connectivity index (χ0n) is 12.5. The van der Waals surface area contributed by atoms with Gasteiger partial charge in [-0.2, -0.15) is 0 Å². The number of urea groups is 1. The second-order valence-electron chi connectivity index (χ2n) is 5.76. The van der Waals surface area contributed by atoms with Crippen molar-refractivity contribution in [1.82, 2.24) is 20.2 Å². The first-order chi connectivity index (χ1) is 10.7. The van der Waals surface area contributed by atoms with Crippen LogP contribution < -0.4 is 10.6 Å². The van der Waals surface area contributed by atoms with E-state index in [1.165, 1.54) is 29.9 Å². The molecule has 0 bridgehead atoms. The van der Waals surface area contributed by atoms with E-state index in [-0.39, 0.29) is 12.1 Å². The van der Waals surface area contributed by atoms with Gasteiger partial charge < -0.3 is 10.6 Å². The predicted octanol–water partition coefficient (Wildman–Crippen LogP) is 3.09. The molecule has 2 unspecified atom stereocenters. The Morgan fingerprint density at radius 2 is 2.14 bits per heavy atom. The summed E-state index contributed by atoms with van der Waals surface area (Å²) in [7, 11) is 0. The first-order valence-electron chi connectivity index (χ1n) is 7.60. The van der Waals surface area contributed by atoms with Gasteiger partial charge in [0.25, 0.3) is 0 Å². The Bertz CT molecular complexity index is 598. The molecule has 5 nitrogen and oxygen atoms in total. The summed E-state index contributed by atoms with van der Waals surface area (Å²) in [6.45, 7) is 2.58. The number of nitrogens with zero attached hydrogens (tertiary/aromatic N) is 2. The highest BCUT2D eigenvalue weighted by Crippen LogP contribution is 2.42. The minimum Gasteiger partial charge on any atom is -0.338 e. The molecule has 1 aliphatic carbocycles. The van der Waals surface area contributed by atoms with Gasteiger partial charge in [-0.1, -0.05) is 34.8 Å². The van der Waals surface area contributed by atoms with Crippen LogP contribution in [0.1, 0.15) is 43.0 Å². The van der Waals surface area contributed by atoms with E-state index in [2.05, 4.69) is 44.5 Å². The van der Waals surface area contributed by atoms with Crippen LogP contribution in [0, 0.1) is 5.92 Å². The Kier molecular flexibility index (Phi) is 4.68. The van der Waals surface area contributed by atoms with Crippen molar-refractivity contribution >= 4 is 17.6 Å². The van der Waals surface area contributed by atoms with Crippen molar-refractivity contribution in [2.75, 3.05) is 6.54 Å². The Morgan fingerprint density at radius 1 is 1.36 bits per heavy atom. The number of carbonyl (C=O) groups excluding carboxylic acids is 1. The highest BCUT2D eigenvalue weighted by molar-refractivity contribution is 7.03. The van der Waals surface area contributed by atoms with E-state index >= 15 is 0 Å². The third-order valence-electron chi connectivity index (χ3n) is 4.07. The summed E-state index contributed by atoms with van der Waals surface area (Å²) in [5.41, 5.74) is 2.10. The second-order valence-corrected chi connectivity index (χ2v) is 6.37. The molecule has 0 radical (unpaired) electrons. The smallest absolute Gasteiger partial charge is 0.315 e. The Balaban J connectivity index is 1.53. The molecule has 1 aliphatic rings. The number of amides is 2. The van der Waals surface area contributed by atoms with Crippen molar-refractivity contribution in [3.05, 3.63) is 47.0 Å². The molecule has 2 N–H and O–H groups in total. The van der Waals surface area contributed by atoms with Gasteiger partial charge in [-0.15, -0.1) is 5.10 Å². The van der Waals surface area contributed by atoms with E-state index in [1.807, 2.05) is 18.4 Å².